The van der Waals surface area contributed by atoms with Crippen LogP contribution in [-0.4, -0.2) is 28.4 Å². The second kappa shape index (κ2) is 7.35. The highest BCUT2D eigenvalue weighted by molar-refractivity contribution is 6.40. The van der Waals surface area contributed by atoms with E-state index in [1.54, 1.807) is 6.07 Å². The predicted molar refractivity (Wildman–Crippen MR) is 99.1 cm³/mol. The van der Waals surface area contributed by atoms with Gasteiger partial charge in [-0.05, 0) is 24.3 Å². The van der Waals surface area contributed by atoms with E-state index in [9.17, 15) is 19.1 Å². The maximum atomic E-state index is 13.2. The van der Waals surface area contributed by atoms with Gasteiger partial charge in [0.1, 0.15) is 11.5 Å². The van der Waals surface area contributed by atoms with Gasteiger partial charge in [-0.3, -0.25) is 4.79 Å². The molecule has 0 saturated carbocycles. The van der Waals surface area contributed by atoms with Crippen LogP contribution in [0.15, 0.2) is 36.4 Å². The molecule has 0 aliphatic heterocycles. The van der Waals surface area contributed by atoms with Crippen LogP contribution < -0.4 is 5.32 Å². The second-order valence-corrected chi connectivity index (χ2v) is 6.44. The number of aromatic amines is 1. The number of nitrogens with one attached hydrogen (secondary N) is 2. The lowest BCUT2D eigenvalue weighted by Crippen LogP contribution is -2.11. The summed E-state index contributed by atoms with van der Waals surface area (Å²) in [6.07, 6.45) is 0.0559. The molecule has 26 heavy (non-hydrogen) atoms. The Bertz CT molecular complexity index is 1020. The van der Waals surface area contributed by atoms with Crippen LogP contribution in [0.4, 0.5) is 10.1 Å². The maximum Gasteiger partial charge on any atom is 0.354 e. The number of benzene rings is 2. The Hall–Kier alpha value is -2.57. The Morgan fingerprint density at radius 3 is 2.65 bits per heavy atom. The molecule has 1 aromatic heterocycles. The van der Waals surface area contributed by atoms with Crippen molar-refractivity contribution in [1.29, 1.82) is 0 Å². The third-order valence-corrected chi connectivity index (χ3v) is 4.35. The topological polar surface area (TPSA) is 82.2 Å². The summed E-state index contributed by atoms with van der Waals surface area (Å²) in [7, 11) is 0. The van der Waals surface area contributed by atoms with Gasteiger partial charge in [-0.1, -0.05) is 35.3 Å². The molecule has 0 atom stereocenters. The highest BCUT2D eigenvalue weighted by Crippen LogP contribution is 2.36. The van der Waals surface area contributed by atoms with E-state index in [1.165, 1.54) is 24.3 Å². The first-order chi connectivity index (χ1) is 12.4. The minimum Gasteiger partial charge on any atom is -0.477 e. The van der Waals surface area contributed by atoms with Crippen molar-refractivity contribution in [3.63, 3.8) is 0 Å². The second-order valence-electron chi connectivity index (χ2n) is 5.60. The van der Waals surface area contributed by atoms with E-state index >= 15 is 0 Å². The highest BCUT2D eigenvalue weighted by Gasteiger charge is 2.20. The molecule has 0 unspecified atom stereocenters. The van der Waals surface area contributed by atoms with E-state index in [0.29, 0.717) is 15.9 Å². The number of aromatic carboxylic acids is 1. The summed E-state index contributed by atoms with van der Waals surface area (Å²) in [6.45, 7) is 0.154. The molecule has 0 spiro atoms. The Morgan fingerprint density at radius 1 is 1.19 bits per heavy atom. The lowest BCUT2D eigenvalue weighted by molar-refractivity contribution is 0.0692. The van der Waals surface area contributed by atoms with Gasteiger partial charge in [-0.25, -0.2) is 9.18 Å². The summed E-state index contributed by atoms with van der Waals surface area (Å²) in [5, 5.41) is 13.5. The van der Waals surface area contributed by atoms with Crippen molar-refractivity contribution in [2.45, 2.75) is 6.42 Å². The van der Waals surface area contributed by atoms with Crippen LogP contribution in [0.5, 0.6) is 0 Å². The van der Waals surface area contributed by atoms with Crippen molar-refractivity contribution in [2.75, 3.05) is 11.9 Å². The molecule has 0 fully saturated rings. The number of ketones is 1. The number of fused-ring (bicyclic) bond motifs is 1. The third-order valence-electron chi connectivity index (χ3n) is 3.83. The van der Waals surface area contributed by atoms with E-state index in [0.717, 1.165) is 6.07 Å². The summed E-state index contributed by atoms with van der Waals surface area (Å²) < 4.78 is 13.2. The number of hydrogen-bond acceptors (Lipinski definition) is 3. The zero-order valence-corrected chi connectivity index (χ0v) is 14.8. The van der Waals surface area contributed by atoms with Gasteiger partial charge in [0.25, 0.3) is 0 Å². The molecule has 3 aromatic rings. The summed E-state index contributed by atoms with van der Waals surface area (Å²) in [6, 6.07) is 8.48. The fourth-order valence-corrected chi connectivity index (χ4v) is 3.28. The van der Waals surface area contributed by atoms with Crippen molar-refractivity contribution in [2.24, 2.45) is 0 Å². The molecule has 0 bridgehead atoms. The van der Waals surface area contributed by atoms with Crippen molar-refractivity contribution in [3.05, 3.63) is 63.5 Å². The van der Waals surface area contributed by atoms with E-state index < -0.39 is 11.8 Å². The quantitative estimate of drug-likeness (QED) is 0.513. The SMILES string of the molecule is O=C(CCNc1c(C(=O)O)[nH]c2cc(Cl)cc(Cl)c12)c1cccc(F)c1. The maximum absolute atomic E-state index is 13.2. The first-order valence-corrected chi connectivity index (χ1v) is 8.39. The number of H-pyrrole nitrogens is 1. The Balaban J connectivity index is 1.83. The average molecular weight is 395 g/mol. The normalized spacial score (nSPS) is 10.9. The Labute approximate surface area is 157 Å². The van der Waals surface area contributed by atoms with Crippen LogP contribution in [0.1, 0.15) is 27.3 Å². The van der Waals surface area contributed by atoms with Crippen molar-refractivity contribution in [1.82, 2.24) is 4.98 Å². The molecule has 5 nitrogen and oxygen atoms in total. The number of rotatable bonds is 6. The van der Waals surface area contributed by atoms with Crippen LogP contribution in [0.25, 0.3) is 10.9 Å². The van der Waals surface area contributed by atoms with E-state index in [4.69, 9.17) is 23.2 Å². The molecule has 0 aliphatic rings. The number of hydrogen-bond donors (Lipinski definition) is 3. The van der Waals surface area contributed by atoms with Crippen LogP contribution in [0.3, 0.4) is 0 Å². The fraction of sp³-hybridized carbons (Fsp3) is 0.111. The van der Waals surface area contributed by atoms with Gasteiger partial charge in [0.05, 0.1) is 16.2 Å². The van der Waals surface area contributed by atoms with Gasteiger partial charge < -0.3 is 15.4 Å². The minimum absolute atomic E-state index is 0.0559. The first-order valence-electron chi connectivity index (χ1n) is 7.63. The van der Waals surface area contributed by atoms with E-state index in [2.05, 4.69) is 10.3 Å². The molecule has 8 heteroatoms. The van der Waals surface area contributed by atoms with E-state index in [-0.39, 0.29) is 40.7 Å². The van der Waals surface area contributed by atoms with Crippen LogP contribution in [-0.2, 0) is 0 Å². The Kier molecular flexibility index (Phi) is 5.15. The van der Waals surface area contributed by atoms with Crippen molar-refractivity contribution >= 4 is 51.5 Å². The summed E-state index contributed by atoms with van der Waals surface area (Å²) in [5.74, 6) is -1.92. The number of aromatic nitrogens is 1. The van der Waals surface area contributed by atoms with E-state index in [1.807, 2.05) is 0 Å². The summed E-state index contributed by atoms with van der Waals surface area (Å²) >= 11 is 12.1. The molecule has 0 saturated heterocycles. The molecule has 2 aromatic carbocycles. The number of anilines is 1. The van der Waals surface area contributed by atoms with Crippen LogP contribution in [0.2, 0.25) is 10.0 Å². The molecule has 134 valence electrons. The number of carboxylic acid groups (broad SMARTS) is 1. The number of carboxylic acids is 1. The van der Waals surface area contributed by atoms with Gasteiger partial charge in [-0.2, -0.15) is 0 Å². The lowest BCUT2D eigenvalue weighted by Gasteiger charge is -2.07. The third kappa shape index (κ3) is 3.66. The van der Waals surface area contributed by atoms with Gasteiger partial charge in [0, 0.05) is 28.9 Å². The fourth-order valence-electron chi connectivity index (χ4n) is 2.69. The smallest absolute Gasteiger partial charge is 0.354 e. The monoisotopic (exact) mass is 394 g/mol. The van der Waals surface area contributed by atoms with Gasteiger partial charge in [0.2, 0.25) is 0 Å². The zero-order chi connectivity index (χ0) is 18.8. The molecular formula is C18H13Cl2FN2O3. The van der Waals surface area contributed by atoms with Crippen LogP contribution in [0, 0.1) is 5.82 Å². The molecule has 3 rings (SSSR count). The van der Waals surface area contributed by atoms with Gasteiger partial charge in [0.15, 0.2) is 5.78 Å². The number of carbonyl (C=O) groups excluding carboxylic acids is 1. The zero-order valence-electron chi connectivity index (χ0n) is 13.3. The summed E-state index contributed by atoms with van der Waals surface area (Å²) in [5.41, 5.74) is 0.927. The highest BCUT2D eigenvalue weighted by atomic mass is 35.5. The predicted octanol–water partition coefficient (Wildman–Crippen LogP) is 5.00. The Morgan fingerprint density at radius 2 is 1.96 bits per heavy atom. The van der Waals surface area contributed by atoms with Crippen molar-refractivity contribution < 1.29 is 19.1 Å². The number of carbonyl (C=O) groups is 2. The molecular weight excluding hydrogens is 382 g/mol. The molecule has 0 aliphatic carbocycles. The molecule has 1 heterocycles. The van der Waals surface area contributed by atoms with Gasteiger partial charge >= 0.3 is 5.97 Å². The molecule has 3 N–H and O–H groups in total. The lowest BCUT2D eigenvalue weighted by atomic mass is 10.1. The number of halogens is 3. The molecule has 0 amide bonds. The molecule has 0 radical (unpaired) electrons. The minimum atomic E-state index is -1.17. The average Bonchev–Trinajstić information content (AvgIpc) is 2.93. The first kappa shape index (κ1) is 18.2. The largest absolute Gasteiger partial charge is 0.477 e. The summed E-state index contributed by atoms with van der Waals surface area (Å²) in [4.78, 5) is 26.4. The standard InChI is InChI=1S/C18H13Cl2FN2O3/c19-10-7-12(20)15-13(8-10)23-17(18(25)26)16(15)22-5-4-14(24)9-2-1-3-11(21)6-9/h1-3,6-8,22-23H,4-5H2,(H,25,26). The number of Topliss-reactive ketones (excluding diaryl/α,β-unsaturated/α-hetero) is 1. The van der Waals surface area contributed by atoms with Crippen molar-refractivity contribution in [3.8, 4) is 0 Å². The van der Waals surface area contributed by atoms with Crippen LogP contribution >= 0.6 is 23.2 Å². The van der Waals surface area contributed by atoms with Gasteiger partial charge in [-0.15, -0.1) is 0 Å².